The summed E-state index contributed by atoms with van der Waals surface area (Å²) in [5.74, 6) is -0.368. The summed E-state index contributed by atoms with van der Waals surface area (Å²) in [6, 6.07) is 6.95. The number of nitrogens with zero attached hydrogens (tertiary/aromatic N) is 4. The number of hydrogen-bond acceptors (Lipinski definition) is 4. The molecular formula is C14H12FN5O. The van der Waals surface area contributed by atoms with Crippen molar-refractivity contribution in [1.82, 2.24) is 24.9 Å². The fourth-order valence-electron chi connectivity index (χ4n) is 2.00. The monoisotopic (exact) mass is 285 g/mol. The smallest absolute Gasteiger partial charge is 0.254 e. The van der Waals surface area contributed by atoms with Gasteiger partial charge in [-0.2, -0.15) is 0 Å². The predicted molar refractivity (Wildman–Crippen MR) is 73.2 cm³/mol. The third kappa shape index (κ3) is 2.71. The molecule has 0 atom stereocenters. The maximum absolute atomic E-state index is 13.4. The zero-order valence-corrected chi connectivity index (χ0v) is 11.0. The molecule has 0 aromatic carbocycles. The Kier molecular flexibility index (Phi) is 3.55. The van der Waals surface area contributed by atoms with Gasteiger partial charge in [-0.1, -0.05) is 6.07 Å². The van der Waals surface area contributed by atoms with E-state index in [1.54, 1.807) is 0 Å². The molecule has 0 aliphatic carbocycles. The van der Waals surface area contributed by atoms with Gasteiger partial charge < -0.3 is 5.32 Å². The highest BCUT2D eigenvalue weighted by molar-refractivity contribution is 5.94. The number of carbonyl (C=O) groups is 1. The van der Waals surface area contributed by atoms with Crippen LogP contribution >= 0.6 is 0 Å². The molecule has 0 unspecified atom stereocenters. The number of carbonyl (C=O) groups excluding carboxylic acids is 1. The fraction of sp³-hybridized carbons (Fsp3) is 0.143. The summed E-state index contributed by atoms with van der Waals surface area (Å²) in [4.78, 5) is 15.4. The summed E-state index contributed by atoms with van der Waals surface area (Å²) >= 11 is 0. The lowest BCUT2D eigenvalue weighted by molar-refractivity contribution is 0.0949. The zero-order valence-electron chi connectivity index (χ0n) is 11.0. The molecule has 1 N–H and O–H groups in total. The predicted octanol–water partition coefficient (Wildman–Crippen LogP) is 1.24. The lowest BCUT2D eigenvalue weighted by Crippen LogP contribution is -2.27. The Bertz CT molecular complexity index is 786. The van der Waals surface area contributed by atoms with Gasteiger partial charge in [0.2, 0.25) is 0 Å². The topological polar surface area (TPSA) is 72.2 Å². The van der Waals surface area contributed by atoms with Gasteiger partial charge in [-0.25, -0.2) is 4.39 Å². The molecule has 106 valence electrons. The maximum atomic E-state index is 13.4. The summed E-state index contributed by atoms with van der Waals surface area (Å²) in [5, 5.41) is 10.7. The van der Waals surface area contributed by atoms with E-state index in [2.05, 4.69) is 20.5 Å². The molecule has 0 saturated carbocycles. The molecule has 7 heteroatoms. The Morgan fingerprint density at radius 2 is 2.19 bits per heavy atom. The first-order valence-corrected chi connectivity index (χ1v) is 6.42. The van der Waals surface area contributed by atoms with E-state index in [1.807, 2.05) is 28.8 Å². The minimum atomic E-state index is -0.636. The minimum absolute atomic E-state index is 0.0175. The molecule has 0 saturated heterocycles. The molecule has 3 aromatic heterocycles. The maximum Gasteiger partial charge on any atom is 0.254 e. The molecular weight excluding hydrogens is 273 g/mol. The summed E-state index contributed by atoms with van der Waals surface area (Å²) < 4.78 is 15.2. The van der Waals surface area contributed by atoms with E-state index < -0.39 is 11.7 Å². The quantitative estimate of drug-likeness (QED) is 0.782. The van der Waals surface area contributed by atoms with E-state index in [9.17, 15) is 9.18 Å². The van der Waals surface area contributed by atoms with Gasteiger partial charge in [-0.3, -0.25) is 14.2 Å². The van der Waals surface area contributed by atoms with E-state index in [-0.39, 0.29) is 5.56 Å². The van der Waals surface area contributed by atoms with Crippen molar-refractivity contribution in [3.05, 3.63) is 60.1 Å². The average Bonchev–Trinajstić information content (AvgIpc) is 2.91. The van der Waals surface area contributed by atoms with Crippen LogP contribution in [0.3, 0.4) is 0 Å². The van der Waals surface area contributed by atoms with Crippen LogP contribution in [0, 0.1) is 5.82 Å². The number of amides is 1. The van der Waals surface area contributed by atoms with Crippen LogP contribution in [-0.2, 0) is 6.42 Å². The number of hydrogen-bond donors (Lipinski definition) is 1. The van der Waals surface area contributed by atoms with Gasteiger partial charge in [0.25, 0.3) is 5.91 Å². The molecule has 3 aromatic rings. The van der Waals surface area contributed by atoms with E-state index in [0.29, 0.717) is 13.0 Å². The van der Waals surface area contributed by atoms with Crippen molar-refractivity contribution in [2.24, 2.45) is 0 Å². The van der Waals surface area contributed by atoms with Gasteiger partial charge in [0.05, 0.1) is 11.8 Å². The van der Waals surface area contributed by atoms with E-state index >= 15 is 0 Å². The van der Waals surface area contributed by atoms with Gasteiger partial charge in [0.15, 0.2) is 11.5 Å². The van der Waals surface area contributed by atoms with E-state index in [4.69, 9.17) is 0 Å². The molecule has 3 heterocycles. The van der Waals surface area contributed by atoms with Crippen LogP contribution in [0.15, 0.2) is 42.9 Å². The van der Waals surface area contributed by atoms with Crippen LogP contribution in [0.25, 0.3) is 5.65 Å². The van der Waals surface area contributed by atoms with E-state index in [1.165, 1.54) is 12.3 Å². The highest BCUT2D eigenvalue weighted by atomic mass is 19.1. The second-order valence-electron chi connectivity index (χ2n) is 4.41. The van der Waals surface area contributed by atoms with Crippen molar-refractivity contribution in [3.8, 4) is 0 Å². The second-order valence-corrected chi connectivity index (χ2v) is 4.41. The van der Waals surface area contributed by atoms with E-state index in [0.717, 1.165) is 17.7 Å². The Morgan fingerprint density at radius 1 is 1.29 bits per heavy atom. The first kappa shape index (κ1) is 13.2. The molecule has 1 amide bonds. The van der Waals surface area contributed by atoms with Crippen LogP contribution in [0.2, 0.25) is 0 Å². The number of halogens is 1. The van der Waals surface area contributed by atoms with Crippen LogP contribution < -0.4 is 5.32 Å². The average molecular weight is 285 g/mol. The van der Waals surface area contributed by atoms with Crippen molar-refractivity contribution in [3.63, 3.8) is 0 Å². The third-order valence-electron chi connectivity index (χ3n) is 3.04. The summed E-state index contributed by atoms with van der Waals surface area (Å²) in [6.45, 7) is 0.344. The molecule has 0 radical (unpaired) electrons. The lowest BCUT2D eigenvalue weighted by atomic mass is 10.2. The highest BCUT2D eigenvalue weighted by Gasteiger charge is 2.11. The van der Waals surface area contributed by atoms with Crippen molar-refractivity contribution in [2.45, 2.75) is 6.42 Å². The summed E-state index contributed by atoms with van der Waals surface area (Å²) in [7, 11) is 0. The number of nitrogens with one attached hydrogen (secondary N) is 1. The Hall–Kier alpha value is -2.83. The molecule has 0 aliphatic heterocycles. The largest absolute Gasteiger partial charge is 0.351 e. The number of pyridine rings is 2. The zero-order chi connectivity index (χ0) is 14.7. The first-order chi connectivity index (χ1) is 10.3. The minimum Gasteiger partial charge on any atom is -0.351 e. The summed E-state index contributed by atoms with van der Waals surface area (Å²) in [5.41, 5.74) is 0.732. The second kappa shape index (κ2) is 5.66. The first-order valence-electron chi connectivity index (χ1n) is 6.42. The van der Waals surface area contributed by atoms with Crippen LogP contribution in [-0.4, -0.2) is 32.0 Å². The SMILES string of the molecule is O=C(NCCc1nnc2ccccn12)c1ccncc1F. The molecule has 0 aliphatic rings. The Balaban J connectivity index is 1.64. The number of aromatic nitrogens is 4. The van der Waals surface area contributed by atoms with Crippen LogP contribution in [0.5, 0.6) is 0 Å². The Morgan fingerprint density at radius 3 is 3.05 bits per heavy atom. The standard InChI is InChI=1S/C14H12FN5O/c15-11-9-16-6-4-10(11)14(21)17-7-5-13-19-18-12-3-1-2-8-20(12)13/h1-4,6,8-9H,5,7H2,(H,17,21). The molecule has 0 fully saturated rings. The van der Waals surface area contributed by atoms with Crippen molar-refractivity contribution >= 4 is 11.6 Å². The van der Waals surface area contributed by atoms with Gasteiger partial charge in [0, 0.05) is 25.4 Å². The molecule has 6 nitrogen and oxygen atoms in total. The lowest BCUT2D eigenvalue weighted by Gasteiger charge is -2.05. The number of fused-ring (bicyclic) bond motifs is 1. The van der Waals surface area contributed by atoms with Gasteiger partial charge >= 0.3 is 0 Å². The van der Waals surface area contributed by atoms with Crippen molar-refractivity contribution in [2.75, 3.05) is 6.54 Å². The fourth-order valence-corrected chi connectivity index (χ4v) is 2.00. The van der Waals surface area contributed by atoms with Crippen LogP contribution in [0.1, 0.15) is 16.2 Å². The normalized spacial score (nSPS) is 10.7. The van der Waals surface area contributed by atoms with Crippen LogP contribution in [0.4, 0.5) is 4.39 Å². The Labute approximate surface area is 119 Å². The van der Waals surface area contributed by atoms with Gasteiger partial charge in [-0.15, -0.1) is 10.2 Å². The molecule has 21 heavy (non-hydrogen) atoms. The van der Waals surface area contributed by atoms with Gasteiger partial charge in [0.1, 0.15) is 5.82 Å². The number of rotatable bonds is 4. The van der Waals surface area contributed by atoms with Crippen molar-refractivity contribution < 1.29 is 9.18 Å². The molecule has 0 spiro atoms. The summed E-state index contributed by atoms with van der Waals surface area (Å²) in [6.07, 6.45) is 4.75. The van der Waals surface area contributed by atoms with Gasteiger partial charge in [-0.05, 0) is 18.2 Å². The highest BCUT2D eigenvalue weighted by Crippen LogP contribution is 2.05. The van der Waals surface area contributed by atoms with Crippen molar-refractivity contribution in [1.29, 1.82) is 0 Å². The molecule has 0 bridgehead atoms. The molecule has 3 rings (SSSR count). The third-order valence-corrected chi connectivity index (χ3v) is 3.04.